The van der Waals surface area contributed by atoms with E-state index in [1.54, 1.807) is 30.3 Å². The molecule has 2 aromatic carbocycles. The van der Waals surface area contributed by atoms with Gasteiger partial charge in [-0.1, -0.05) is 42.5 Å². The van der Waals surface area contributed by atoms with E-state index >= 15 is 0 Å². The first-order valence-electron chi connectivity index (χ1n) is 13.2. The van der Waals surface area contributed by atoms with Gasteiger partial charge >= 0.3 is 0 Å². The molecule has 0 bridgehead atoms. The molecule has 0 amide bonds. The number of hydrogen-bond donors (Lipinski definition) is 0. The summed E-state index contributed by atoms with van der Waals surface area (Å²) >= 11 is 0. The minimum atomic E-state index is -0.729. The third-order valence-electron chi connectivity index (χ3n) is 7.87. The minimum Gasteiger partial charge on any atom is -0.491 e. The number of ether oxygens (including phenoxy) is 1. The number of hydrogen-bond acceptors (Lipinski definition) is 1. The Morgan fingerprint density at radius 3 is 2.09 bits per heavy atom. The van der Waals surface area contributed by atoms with Crippen LogP contribution in [0.3, 0.4) is 0 Å². The number of allylic oxidation sites excluding steroid dienone is 3. The molecular formula is C31H37F3O. The van der Waals surface area contributed by atoms with Gasteiger partial charge in [-0.05, 0) is 112 Å². The molecule has 35 heavy (non-hydrogen) atoms. The van der Waals surface area contributed by atoms with Crippen LogP contribution in [0.1, 0.15) is 93.7 Å². The normalized spacial score (nSPS) is 25.4. The van der Waals surface area contributed by atoms with Gasteiger partial charge in [-0.25, -0.2) is 13.2 Å². The largest absolute Gasteiger partial charge is 0.491 e. The van der Waals surface area contributed by atoms with Crippen molar-refractivity contribution >= 4 is 6.08 Å². The summed E-state index contributed by atoms with van der Waals surface area (Å²) in [6, 6.07) is 8.79. The van der Waals surface area contributed by atoms with Crippen molar-refractivity contribution < 1.29 is 17.9 Å². The summed E-state index contributed by atoms with van der Waals surface area (Å²) in [7, 11) is 0. The Labute approximate surface area is 208 Å². The monoisotopic (exact) mass is 482 g/mol. The molecule has 2 fully saturated rings. The Hall–Kier alpha value is -2.49. The van der Waals surface area contributed by atoms with Crippen molar-refractivity contribution in [1.82, 2.24) is 0 Å². The van der Waals surface area contributed by atoms with Crippen LogP contribution in [-0.2, 0) is 0 Å². The first-order valence-corrected chi connectivity index (χ1v) is 13.2. The Morgan fingerprint density at radius 1 is 0.800 bits per heavy atom. The van der Waals surface area contributed by atoms with Gasteiger partial charge in [-0.2, -0.15) is 0 Å². The van der Waals surface area contributed by atoms with E-state index < -0.39 is 11.6 Å². The summed E-state index contributed by atoms with van der Waals surface area (Å²) in [5.41, 5.74) is 1.86. The van der Waals surface area contributed by atoms with Crippen LogP contribution in [0.2, 0.25) is 0 Å². The number of rotatable bonds is 7. The minimum absolute atomic E-state index is 0.103. The van der Waals surface area contributed by atoms with Crippen LogP contribution < -0.4 is 4.74 Å². The van der Waals surface area contributed by atoms with E-state index in [2.05, 4.69) is 12.2 Å². The third kappa shape index (κ3) is 6.20. The van der Waals surface area contributed by atoms with Gasteiger partial charge in [-0.3, -0.25) is 0 Å². The molecule has 2 aliphatic rings. The smallest absolute Gasteiger partial charge is 0.166 e. The molecule has 0 aliphatic heterocycles. The summed E-state index contributed by atoms with van der Waals surface area (Å²) in [5, 5.41) is 0. The molecule has 4 heteroatoms. The summed E-state index contributed by atoms with van der Waals surface area (Å²) in [6.45, 7) is 4.31. The SMILES string of the molecule is CC=CC1CCC(c2ccc(C=CC3CCC(c4ccc(OCC)c(F)c4)CC3)c(F)c2F)CC1. The molecule has 0 saturated heterocycles. The number of halogens is 3. The van der Waals surface area contributed by atoms with Gasteiger partial charge in [0.05, 0.1) is 6.61 Å². The summed E-state index contributed by atoms with van der Waals surface area (Å²) in [5.74, 6) is -0.103. The highest BCUT2D eigenvalue weighted by Gasteiger charge is 2.26. The van der Waals surface area contributed by atoms with E-state index in [1.807, 2.05) is 26.0 Å². The van der Waals surface area contributed by atoms with Crippen LogP contribution in [0.15, 0.2) is 48.6 Å². The van der Waals surface area contributed by atoms with Crippen molar-refractivity contribution in [3.05, 3.63) is 82.7 Å². The molecule has 0 N–H and O–H groups in total. The topological polar surface area (TPSA) is 9.23 Å². The second-order valence-corrected chi connectivity index (χ2v) is 10.1. The zero-order valence-electron chi connectivity index (χ0n) is 20.9. The highest BCUT2D eigenvalue weighted by Crippen LogP contribution is 2.39. The van der Waals surface area contributed by atoms with E-state index in [-0.39, 0.29) is 11.7 Å². The molecule has 2 aliphatic carbocycles. The maximum absolute atomic E-state index is 14.9. The van der Waals surface area contributed by atoms with Crippen LogP contribution in [0, 0.1) is 29.3 Å². The summed E-state index contributed by atoms with van der Waals surface area (Å²) < 4.78 is 49.4. The second-order valence-electron chi connectivity index (χ2n) is 10.1. The Kier molecular flexibility index (Phi) is 8.75. The van der Waals surface area contributed by atoms with Crippen molar-refractivity contribution in [2.24, 2.45) is 11.8 Å². The average Bonchev–Trinajstić information content (AvgIpc) is 2.87. The quantitative estimate of drug-likeness (QED) is 0.357. The maximum Gasteiger partial charge on any atom is 0.166 e. The fourth-order valence-electron chi connectivity index (χ4n) is 5.85. The molecule has 0 spiro atoms. The Bertz CT molecular complexity index is 1040. The highest BCUT2D eigenvalue weighted by molar-refractivity contribution is 5.52. The molecule has 1 nitrogen and oxygen atoms in total. The molecule has 0 unspecified atom stereocenters. The fourth-order valence-corrected chi connectivity index (χ4v) is 5.85. The van der Waals surface area contributed by atoms with Gasteiger partial charge in [0.15, 0.2) is 23.2 Å². The van der Waals surface area contributed by atoms with E-state index in [9.17, 15) is 13.2 Å². The lowest BCUT2D eigenvalue weighted by molar-refractivity contribution is 0.320. The van der Waals surface area contributed by atoms with Crippen LogP contribution in [-0.4, -0.2) is 6.61 Å². The second kappa shape index (κ2) is 12.0. The van der Waals surface area contributed by atoms with Gasteiger partial charge in [-0.15, -0.1) is 0 Å². The van der Waals surface area contributed by atoms with Crippen molar-refractivity contribution in [2.75, 3.05) is 6.61 Å². The first-order chi connectivity index (χ1) is 17.0. The molecule has 2 saturated carbocycles. The molecule has 0 aromatic heterocycles. The molecule has 4 rings (SSSR count). The molecule has 0 radical (unpaired) electrons. The zero-order chi connectivity index (χ0) is 24.8. The van der Waals surface area contributed by atoms with Crippen LogP contribution in [0.5, 0.6) is 5.75 Å². The molecule has 0 atom stereocenters. The van der Waals surface area contributed by atoms with Crippen LogP contribution in [0.4, 0.5) is 13.2 Å². The predicted octanol–water partition coefficient (Wildman–Crippen LogP) is 9.34. The first kappa shape index (κ1) is 25.6. The highest BCUT2D eigenvalue weighted by atomic mass is 19.2. The van der Waals surface area contributed by atoms with Gasteiger partial charge in [0.1, 0.15) is 0 Å². The third-order valence-corrected chi connectivity index (χ3v) is 7.87. The summed E-state index contributed by atoms with van der Waals surface area (Å²) in [4.78, 5) is 0. The van der Waals surface area contributed by atoms with Crippen molar-refractivity contribution in [1.29, 1.82) is 0 Å². The van der Waals surface area contributed by atoms with Crippen LogP contribution in [0.25, 0.3) is 6.08 Å². The summed E-state index contributed by atoms with van der Waals surface area (Å²) in [6.07, 6.45) is 15.8. The lowest BCUT2D eigenvalue weighted by Crippen LogP contribution is -2.14. The van der Waals surface area contributed by atoms with Crippen LogP contribution >= 0.6 is 0 Å². The predicted molar refractivity (Wildman–Crippen MR) is 137 cm³/mol. The standard InChI is InChI=1S/C31H37F3O/c1-3-5-21-8-13-24(14-9-21)27-18-16-25(30(33)31(27)34)15-10-22-6-11-23(12-7-22)26-17-19-29(35-4-2)28(32)20-26/h3,5,10,15-24H,4,6-9,11-14H2,1-2H3. The van der Waals surface area contributed by atoms with Gasteiger partial charge in [0.25, 0.3) is 0 Å². The van der Waals surface area contributed by atoms with Crippen molar-refractivity contribution in [3.63, 3.8) is 0 Å². The van der Waals surface area contributed by atoms with Gasteiger partial charge < -0.3 is 4.74 Å². The maximum atomic E-state index is 14.9. The molecule has 2 aromatic rings. The Balaban J connectivity index is 1.34. The van der Waals surface area contributed by atoms with E-state index in [0.29, 0.717) is 41.2 Å². The lowest BCUT2D eigenvalue weighted by Gasteiger charge is -2.28. The molecular weight excluding hydrogens is 445 g/mol. The number of benzene rings is 2. The van der Waals surface area contributed by atoms with E-state index in [0.717, 1.165) is 56.9 Å². The lowest BCUT2D eigenvalue weighted by atomic mass is 9.78. The molecule has 188 valence electrons. The Morgan fingerprint density at radius 2 is 1.46 bits per heavy atom. The fraction of sp³-hybridized carbons (Fsp3) is 0.484. The zero-order valence-corrected chi connectivity index (χ0v) is 20.9. The average molecular weight is 483 g/mol. The molecule has 0 heterocycles. The van der Waals surface area contributed by atoms with E-state index in [4.69, 9.17) is 4.74 Å². The van der Waals surface area contributed by atoms with E-state index in [1.165, 1.54) is 0 Å². The van der Waals surface area contributed by atoms with Gasteiger partial charge in [0.2, 0.25) is 0 Å². The van der Waals surface area contributed by atoms with Crippen molar-refractivity contribution in [2.45, 2.75) is 77.0 Å². The van der Waals surface area contributed by atoms with Gasteiger partial charge in [0, 0.05) is 5.56 Å². The van der Waals surface area contributed by atoms with Crippen molar-refractivity contribution in [3.8, 4) is 5.75 Å².